The number of hydrogen-bond acceptors (Lipinski definition) is 4. The summed E-state index contributed by atoms with van der Waals surface area (Å²) in [4.78, 5) is 4.40. The van der Waals surface area contributed by atoms with Gasteiger partial charge in [0.1, 0.15) is 30.1 Å². The fourth-order valence-corrected chi connectivity index (χ4v) is 3.07. The van der Waals surface area contributed by atoms with Gasteiger partial charge in [-0.3, -0.25) is 9.80 Å². The highest BCUT2D eigenvalue weighted by molar-refractivity contribution is 5.22. The molecule has 1 fully saturated rings. The molecule has 0 bridgehead atoms. The lowest BCUT2D eigenvalue weighted by Gasteiger charge is -2.35. The van der Waals surface area contributed by atoms with Gasteiger partial charge in [0, 0.05) is 44.8 Å². The summed E-state index contributed by atoms with van der Waals surface area (Å²) in [5.41, 5.74) is 0.716. The molecule has 1 saturated heterocycles. The van der Waals surface area contributed by atoms with Crippen molar-refractivity contribution < 1.29 is 18.6 Å². The van der Waals surface area contributed by atoms with E-state index in [2.05, 4.69) is 9.80 Å². The van der Waals surface area contributed by atoms with Crippen LogP contribution < -0.4 is 4.74 Å². The minimum Gasteiger partial charge on any atom is -0.491 e. The van der Waals surface area contributed by atoms with Gasteiger partial charge in [-0.25, -0.2) is 8.78 Å². The molecule has 1 atom stereocenters. The van der Waals surface area contributed by atoms with Crippen molar-refractivity contribution in [3.05, 3.63) is 65.7 Å². The van der Waals surface area contributed by atoms with Crippen molar-refractivity contribution >= 4 is 0 Å². The standard InChI is InChI=1S/C20H24F2N2O2/c21-17-5-7-19(8-6-17)26-15-18(25)14-24-11-9-23(10-12-24)13-16-3-1-2-4-20(16)22/h1-8,18,25H,9-15H2/t18-/m0/s1. The quantitative estimate of drug-likeness (QED) is 0.821. The number of piperazine rings is 1. The maximum absolute atomic E-state index is 13.7. The van der Waals surface area contributed by atoms with Gasteiger partial charge in [0.15, 0.2) is 0 Å². The Labute approximate surface area is 152 Å². The molecule has 3 rings (SSSR count). The predicted molar refractivity (Wildman–Crippen MR) is 96.0 cm³/mol. The first kappa shape index (κ1) is 18.8. The molecule has 0 amide bonds. The Morgan fingerprint density at radius 2 is 1.58 bits per heavy atom. The number of ether oxygens (including phenoxy) is 1. The third-order valence-electron chi connectivity index (χ3n) is 4.54. The van der Waals surface area contributed by atoms with Crippen molar-refractivity contribution in [1.29, 1.82) is 0 Å². The topological polar surface area (TPSA) is 35.9 Å². The van der Waals surface area contributed by atoms with Crippen LogP contribution in [0.25, 0.3) is 0 Å². The molecular weight excluding hydrogens is 338 g/mol. The average molecular weight is 362 g/mol. The van der Waals surface area contributed by atoms with Gasteiger partial charge in [-0.2, -0.15) is 0 Å². The second kappa shape index (κ2) is 9.07. The molecular formula is C20H24F2N2O2. The Bertz CT molecular complexity index is 688. The molecule has 4 nitrogen and oxygen atoms in total. The summed E-state index contributed by atoms with van der Waals surface area (Å²) in [7, 11) is 0. The molecule has 1 aliphatic rings. The molecule has 0 aromatic heterocycles. The SMILES string of the molecule is O[C@H](COc1ccc(F)cc1)CN1CCN(Cc2ccccc2F)CC1. The van der Waals surface area contributed by atoms with Gasteiger partial charge in [0.2, 0.25) is 0 Å². The fraction of sp³-hybridized carbons (Fsp3) is 0.400. The summed E-state index contributed by atoms with van der Waals surface area (Å²) in [6.45, 7) is 4.61. The number of rotatable bonds is 7. The molecule has 0 spiro atoms. The average Bonchev–Trinajstić information content (AvgIpc) is 2.65. The number of halogens is 2. The highest BCUT2D eigenvalue weighted by Gasteiger charge is 2.20. The summed E-state index contributed by atoms with van der Waals surface area (Å²) in [5.74, 6) is 0.0644. The maximum Gasteiger partial charge on any atom is 0.127 e. The molecule has 2 aromatic carbocycles. The van der Waals surface area contributed by atoms with E-state index in [0.29, 0.717) is 24.4 Å². The van der Waals surface area contributed by atoms with Crippen molar-refractivity contribution in [1.82, 2.24) is 9.80 Å². The molecule has 0 saturated carbocycles. The monoisotopic (exact) mass is 362 g/mol. The lowest BCUT2D eigenvalue weighted by Crippen LogP contribution is -2.48. The Balaban J connectivity index is 1.38. The van der Waals surface area contributed by atoms with E-state index in [1.54, 1.807) is 18.2 Å². The van der Waals surface area contributed by atoms with Crippen LogP contribution in [0.5, 0.6) is 5.75 Å². The first-order chi connectivity index (χ1) is 12.6. The van der Waals surface area contributed by atoms with E-state index < -0.39 is 6.10 Å². The van der Waals surface area contributed by atoms with Crippen LogP contribution in [0.4, 0.5) is 8.78 Å². The van der Waals surface area contributed by atoms with E-state index in [4.69, 9.17) is 4.74 Å². The highest BCUT2D eigenvalue weighted by atomic mass is 19.1. The third-order valence-corrected chi connectivity index (χ3v) is 4.54. The molecule has 1 heterocycles. The van der Waals surface area contributed by atoms with Gasteiger partial charge in [0.25, 0.3) is 0 Å². The number of hydrogen-bond donors (Lipinski definition) is 1. The normalized spacial score (nSPS) is 17.2. The first-order valence-corrected chi connectivity index (χ1v) is 8.85. The van der Waals surface area contributed by atoms with E-state index >= 15 is 0 Å². The summed E-state index contributed by atoms with van der Waals surface area (Å²) in [5, 5.41) is 10.2. The van der Waals surface area contributed by atoms with Crippen LogP contribution in [-0.4, -0.2) is 60.3 Å². The molecule has 2 aromatic rings. The van der Waals surface area contributed by atoms with Crippen LogP contribution >= 0.6 is 0 Å². The van der Waals surface area contributed by atoms with Gasteiger partial charge in [0.05, 0.1) is 0 Å². The van der Waals surface area contributed by atoms with Crippen molar-refractivity contribution in [2.75, 3.05) is 39.3 Å². The van der Waals surface area contributed by atoms with Gasteiger partial charge >= 0.3 is 0 Å². The number of benzene rings is 2. The molecule has 0 aliphatic carbocycles. The second-order valence-electron chi connectivity index (χ2n) is 6.59. The zero-order valence-corrected chi connectivity index (χ0v) is 14.7. The largest absolute Gasteiger partial charge is 0.491 e. The van der Waals surface area contributed by atoms with Gasteiger partial charge in [-0.05, 0) is 30.3 Å². The van der Waals surface area contributed by atoms with Gasteiger partial charge < -0.3 is 9.84 Å². The van der Waals surface area contributed by atoms with Crippen LogP contribution in [0, 0.1) is 11.6 Å². The van der Waals surface area contributed by atoms with Gasteiger partial charge in [-0.1, -0.05) is 18.2 Å². The predicted octanol–water partition coefficient (Wildman–Crippen LogP) is 2.52. The lowest BCUT2D eigenvalue weighted by atomic mass is 10.2. The third kappa shape index (κ3) is 5.49. The molecule has 0 radical (unpaired) electrons. The molecule has 1 aliphatic heterocycles. The summed E-state index contributed by atoms with van der Waals surface area (Å²) in [6, 6.07) is 12.6. The Kier molecular flexibility index (Phi) is 6.55. The molecule has 140 valence electrons. The number of nitrogens with zero attached hydrogens (tertiary/aromatic N) is 2. The Morgan fingerprint density at radius 1 is 0.923 bits per heavy atom. The van der Waals surface area contributed by atoms with E-state index in [1.807, 2.05) is 12.1 Å². The van der Waals surface area contributed by atoms with Crippen LogP contribution in [0.15, 0.2) is 48.5 Å². The molecule has 26 heavy (non-hydrogen) atoms. The van der Waals surface area contributed by atoms with E-state index in [1.165, 1.54) is 18.2 Å². The van der Waals surface area contributed by atoms with Crippen LogP contribution in [-0.2, 0) is 6.54 Å². The number of β-amino-alcohol motifs (C(OH)–C–C–N with tert-alkyl or cyclic N) is 1. The zero-order valence-electron chi connectivity index (χ0n) is 14.7. The minimum absolute atomic E-state index is 0.164. The summed E-state index contributed by atoms with van der Waals surface area (Å²) < 4.78 is 32.1. The summed E-state index contributed by atoms with van der Waals surface area (Å²) in [6.07, 6.45) is -0.613. The minimum atomic E-state index is -0.613. The summed E-state index contributed by atoms with van der Waals surface area (Å²) >= 11 is 0. The number of aliphatic hydroxyl groups excluding tert-OH is 1. The highest BCUT2D eigenvalue weighted by Crippen LogP contribution is 2.13. The van der Waals surface area contributed by atoms with E-state index in [-0.39, 0.29) is 18.2 Å². The van der Waals surface area contributed by atoms with E-state index in [9.17, 15) is 13.9 Å². The van der Waals surface area contributed by atoms with Crippen molar-refractivity contribution in [3.8, 4) is 5.75 Å². The van der Waals surface area contributed by atoms with Crippen LogP contribution in [0.1, 0.15) is 5.56 Å². The lowest BCUT2D eigenvalue weighted by molar-refractivity contribution is 0.0444. The second-order valence-corrected chi connectivity index (χ2v) is 6.59. The number of aliphatic hydroxyl groups is 1. The van der Waals surface area contributed by atoms with Crippen LogP contribution in [0.2, 0.25) is 0 Å². The van der Waals surface area contributed by atoms with Crippen molar-refractivity contribution in [2.45, 2.75) is 12.6 Å². The van der Waals surface area contributed by atoms with Crippen molar-refractivity contribution in [3.63, 3.8) is 0 Å². The first-order valence-electron chi connectivity index (χ1n) is 8.85. The van der Waals surface area contributed by atoms with E-state index in [0.717, 1.165) is 26.2 Å². The Hall–Kier alpha value is -2.02. The molecule has 6 heteroatoms. The van der Waals surface area contributed by atoms with Crippen molar-refractivity contribution in [2.24, 2.45) is 0 Å². The Morgan fingerprint density at radius 3 is 2.27 bits per heavy atom. The fourth-order valence-electron chi connectivity index (χ4n) is 3.07. The molecule has 0 unspecified atom stereocenters. The smallest absolute Gasteiger partial charge is 0.127 e. The zero-order chi connectivity index (χ0) is 18.4. The molecule has 1 N–H and O–H groups in total. The maximum atomic E-state index is 13.7. The van der Waals surface area contributed by atoms with Crippen LogP contribution in [0.3, 0.4) is 0 Å². The van der Waals surface area contributed by atoms with Gasteiger partial charge in [-0.15, -0.1) is 0 Å².